The number of nitrogens with zero attached hydrogens (tertiary/aromatic N) is 4. The number of rotatable bonds is 7. The number of fused-ring (bicyclic) bond motifs is 2. The molecule has 0 bridgehead atoms. The minimum Gasteiger partial charge on any atom is -0.508 e. The number of benzene rings is 4. The number of aliphatic hydroxyl groups is 1. The second kappa shape index (κ2) is 10.2. The third-order valence-corrected chi connectivity index (χ3v) is 8.67. The van der Waals surface area contributed by atoms with Crippen LogP contribution in [0.15, 0.2) is 97.3 Å². The minimum absolute atomic E-state index is 0.107. The average Bonchev–Trinajstić information content (AvgIpc) is 3.47. The summed E-state index contributed by atoms with van der Waals surface area (Å²) in [5.41, 5.74) is 5.94. The average molecular weight is 549 g/mol. The van der Waals surface area contributed by atoms with Crippen LogP contribution in [0.25, 0.3) is 22.0 Å². The molecule has 2 heterocycles. The van der Waals surface area contributed by atoms with Gasteiger partial charge in [-0.1, -0.05) is 60.1 Å². The van der Waals surface area contributed by atoms with Crippen LogP contribution in [-0.2, 0) is 6.54 Å². The van der Waals surface area contributed by atoms with Gasteiger partial charge >= 0.3 is 0 Å². The standard InChI is InChI=1S/C33H29ClN4O2/c34-30-15-25(40)11-13-32(30)38(24-4-2-1-3-5-24)33-26-14-23(10-12-31(26)35-20-36-33)22-8-6-21(7-9-22)16-37-17-27-28(18-37)29(27)19-39/h1-15,20,27-29,39-40H,16-19H2. The molecule has 2 aliphatic rings. The smallest absolute Gasteiger partial charge is 0.148 e. The molecule has 1 aliphatic heterocycles. The van der Waals surface area contributed by atoms with E-state index in [1.807, 2.05) is 41.3 Å². The van der Waals surface area contributed by atoms with Crippen LogP contribution in [0.3, 0.4) is 0 Å². The van der Waals surface area contributed by atoms with E-state index in [-0.39, 0.29) is 5.75 Å². The molecule has 5 aromatic rings. The Bertz CT molecular complexity index is 1670. The van der Waals surface area contributed by atoms with E-state index in [9.17, 15) is 10.2 Å². The van der Waals surface area contributed by atoms with Gasteiger partial charge in [-0.2, -0.15) is 0 Å². The van der Waals surface area contributed by atoms with E-state index in [1.165, 1.54) is 5.56 Å². The van der Waals surface area contributed by atoms with Gasteiger partial charge in [-0.05, 0) is 70.8 Å². The number of aromatic nitrogens is 2. The quantitative estimate of drug-likeness (QED) is 0.233. The highest BCUT2D eigenvalue weighted by atomic mass is 35.5. The monoisotopic (exact) mass is 548 g/mol. The SMILES string of the molecule is OCC1C2CN(Cc3ccc(-c4ccc5ncnc(N(c6ccccc6)c6ccc(O)cc6Cl)c5c4)cc3)CC12. The topological polar surface area (TPSA) is 72.7 Å². The first-order chi connectivity index (χ1) is 19.6. The first-order valence-corrected chi connectivity index (χ1v) is 14.0. The summed E-state index contributed by atoms with van der Waals surface area (Å²) in [5.74, 6) is 2.71. The zero-order valence-electron chi connectivity index (χ0n) is 21.9. The predicted molar refractivity (Wildman–Crippen MR) is 159 cm³/mol. The highest BCUT2D eigenvalue weighted by Crippen LogP contribution is 2.51. The van der Waals surface area contributed by atoms with Gasteiger partial charge in [0.15, 0.2) is 0 Å². The molecule has 6 nitrogen and oxygen atoms in total. The Balaban J connectivity index is 1.22. The number of halogens is 1. The minimum atomic E-state index is 0.107. The number of anilines is 3. The van der Waals surface area contributed by atoms with Crippen molar-refractivity contribution in [1.82, 2.24) is 14.9 Å². The summed E-state index contributed by atoms with van der Waals surface area (Å²) in [7, 11) is 0. The molecule has 0 spiro atoms. The van der Waals surface area contributed by atoms with Crippen LogP contribution in [-0.4, -0.2) is 44.8 Å². The Morgan fingerprint density at radius 3 is 2.33 bits per heavy atom. The molecule has 2 atom stereocenters. The first-order valence-electron chi connectivity index (χ1n) is 13.6. The zero-order valence-corrected chi connectivity index (χ0v) is 22.6. The fourth-order valence-corrected chi connectivity index (χ4v) is 6.49. The number of phenolic OH excluding ortho intramolecular Hbond substituents is 1. The van der Waals surface area contributed by atoms with Crippen molar-refractivity contribution in [2.45, 2.75) is 6.54 Å². The maximum absolute atomic E-state index is 9.99. The van der Waals surface area contributed by atoms with Crippen LogP contribution < -0.4 is 4.90 Å². The van der Waals surface area contributed by atoms with Crippen molar-refractivity contribution in [3.05, 3.63) is 108 Å². The highest BCUT2D eigenvalue weighted by Gasteiger charge is 2.54. The van der Waals surface area contributed by atoms with Gasteiger partial charge in [0.25, 0.3) is 0 Å². The van der Waals surface area contributed by atoms with Crippen molar-refractivity contribution < 1.29 is 10.2 Å². The molecule has 7 rings (SSSR count). The molecule has 1 aliphatic carbocycles. The summed E-state index contributed by atoms with van der Waals surface area (Å²) in [6.07, 6.45) is 1.57. The number of para-hydroxylation sites is 1. The third kappa shape index (κ3) is 4.58. The lowest BCUT2D eigenvalue weighted by Crippen LogP contribution is -2.24. The predicted octanol–water partition coefficient (Wildman–Crippen LogP) is 6.80. The third-order valence-electron chi connectivity index (χ3n) is 8.36. The summed E-state index contributed by atoms with van der Waals surface area (Å²) in [6.45, 7) is 3.46. The number of aromatic hydroxyl groups is 1. The number of hydrogen-bond donors (Lipinski definition) is 2. The molecule has 1 aromatic heterocycles. The van der Waals surface area contributed by atoms with Crippen molar-refractivity contribution >= 4 is 39.7 Å². The number of aliphatic hydroxyl groups excluding tert-OH is 1. The summed E-state index contributed by atoms with van der Waals surface area (Å²) >= 11 is 6.64. The Kier molecular flexibility index (Phi) is 6.39. The lowest BCUT2D eigenvalue weighted by molar-refractivity contribution is 0.217. The van der Waals surface area contributed by atoms with Crippen LogP contribution >= 0.6 is 11.6 Å². The van der Waals surface area contributed by atoms with E-state index in [1.54, 1.807) is 24.5 Å². The second-order valence-corrected chi connectivity index (χ2v) is 11.2. The Hall–Kier alpha value is -3.97. The molecule has 7 heteroatoms. The Labute approximate surface area is 238 Å². The summed E-state index contributed by atoms with van der Waals surface area (Å²) in [4.78, 5) is 13.8. The second-order valence-electron chi connectivity index (χ2n) is 10.8. The Morgan fingerprint density at radius 1 is 0.850 bits per heavy atom. The van der Waals surface area contributed by atoms with E-state index < -0.39 is 0 Å². The van der Waals surface area contributed by atoms with E-state index >= 15 is 0 Å². The fraction of sp³-hybridized carbons (Fsp3) is 0.212. The van der Waals surface area contributed by atoms with E-state index in [0.29, 0.717) is 40.9 Å². The van der Waals surface area contributed by atoms with Crippen molar-refractivity contribution in [2.75, 3.05) is 24.6 Å². The summed E-state index contributed by atoms with van der Waals surface area (Å²) < 4.78 is 0. The normalized spacial score (nSPS) is 20.0. The van der Waals surface area contributed by atoms with Crippen molar-refractivity contribution in [3.63, 3.8) is 0 Å². The summed E-state index contributed by atoms with van der Waals surface area (Å²) in [5, 5.41) is 20.7. The van der Waals surface area contributed by atoms with Gasteiger partial charge in [-0.25, -0.2) is 9.97 Å². The van der Waals surface area contributed by atoms with Crippen LogP contribution in [0, 0.1) is 17.8 Å². The van der Waals surface area contributed by atoms with Crippen molar-refractivity contribution in [2.24, 2.45) is 17.8 Å². The van der Waals surface area contributed by atoms with E-state index in [2.05, 4.69) is 46.3 Å². The molecule has 0 amide bonds. The number of phenols is 1. The zero-order chi connectivity index (χ0) is 27.2. The van der Waals surface area contributed by atoms with Gasteiger partial charge in [0.2, 0.25) is 0 Å². The lowest BCUT2D eigenvalue weighted by Gasteiger charge is -2.26. The molecule has 200 valence electrons. The van der Waals surface area contributed by atoms with Crippen molar-refractivity contribution in [1.29, 1.82) is 0 Å². The van der Waals surface area contributed by atoms with Crippen LogP contribution in [0.5, 0.6) is 5.75 Å². The molecule has 40 heavy (non-hydrogen) atoms. The Morgan fingerprint density at radius 2 is 1.60 bits per heavy atom. The molecule has 0 radical (unpaired) electrons. The van der Waals surface area contributed by atoms with Gasteiger partial charge in [0, 0.05) is 43.4 Å². The van der Waals surface area contributed by atoms with Crippen molar-refractivity contribution in [3.8, 4) is 16.9 Å². The molecule has 1 saturated carbocycles. The van der Waals surface area contributed by atoms with Crippen LogP contribution in [0.4, 0.5) is 17.2 Å². The lowest BCUT2D eigenvalue weighted by atomic mass is 10.0. The molecule has 4 aromatic carbocycles. The van der Waals surface area contributed by atoms with Gasteiger partial charge in [-0.15, -0.1) is 0 Å². The first kappa shape index (κ1) is 25.0. The van der Waals surface area contributed by atoms with E-state index in [4.69, 9.17) is 16.6 Å². The maximum Gasteiger partial charge on any atom is 0.148 e. The fourth-order valence-electron chi connectivity index (χ4n) is 6.23. The van der Waals surface area contributed by atoms with Gasteiger partial charge in [-0.3, -0.25) is 9.80 Å². The number of likely N-dealkylation sites (tertiary alicyclic amines) is 1. The van der Waals surface area contributed by atoms with Gasteiger partial charge < -0.3 is 10.2 Å². The number of piperidine rings is 1. The number of hydrogen-bond acceptors (Lipinski definition) is 6. The van der Waals surface area contributed by atoms with Gasteiger partial charge in [0.1, 0.15) is 17.9 Å². The molecular formula is C33H29ClN4O2. The molecule has 2 fully saturated rings. The van der Waals surface area contributed by atoms with E-state index in [0.717, 1.165) is 47.4 Å². The molecular weight excluding hydrogens is 520 g/mol. The summed E-state index contributed by atoms with van der Waals surface area (Å²) in [6, 6.07) is 29.9. The largest absolute Gasteiger partial charge is 0.508 e. The highest BCUT2D eigenvalue weighted by molar-refractivity contribution is 6.33. The molecule has 2 unspecified atom stereocenters. The van der Waals surface area contributed by atoms with Crippen LogP contribution in [0.2, 0.25) is 5.02 Å². The molecule has 1 saturated heterocycles. The van der Waals surface area contributed by atoms with Gasteiger partial charge in [0.05, 0.1) is 16.2 Å². The van der Waals surface area contributed by atoms with Crippen LogP contribution in [0.1, 0.15) is 5.56 Å². The maximum atomic E-state index is 9.99. The molecule has 2 N–H and O–H groups in total.